The van der Waals surface area contributed by atoms with Crippen LogP contribution < -0.4 is 5.32 Å². The number of dihydropyridines is 1. The van der Waals surface area contributed by atoms with E-state index < -0.39 is 17.9 Å². The second kappa shape index (κ2) is 2.46. The highest BCUT2D eigenvalue weighted by molar-refractivity contribution is 5.21. The Morgan fingerprint density at radius 3 is 2.25 bits per heavy atom. The van der Waals surface area contributed by atoms with Crippen molar-refractivity contribution in [2.45, 2.75) is 12.0 Å². The SMILES string of the molecule is FC1=CC=CC(F)(C(F)(F)F)N1. The molecule has 0 aromatic rings. The first-order chi connectivity index (χ1) is 5.35. The first-order valence-electron chi connectivity index (χ1n) is 2.94. The Labute approximate surface area is 64.6 Å². The Kier molecular flexibility index (Phi) is 1.85. The number of hydrogen-bond donors (Lipinski definition) is 1. The molecule has 0 bridgehead atoms. The molecule has 0 aliphatic carbocycles. The smallest absolute Gasteiger partial charge is 0.319 e. The molecule has 12 heavy (non-hydrogen) atoms. The van der Waals surface area contributed by atoms with Crippen LogP contribution >= 0.6 is 0 Å². The maximum atomic E-state index is 12.7. The molecule has 1 atom stereocenters. The first-order valence-corrected chi connectivity index (χ1v) is 2.94. The molecule has 68 valence electrons. The van der Waals surface area contributed by atoms with E-state index in [0.29, 0.717) is 12.2 Å². The van der Waals surface area contributed by atoms with Crippen molar-refractivity contribution < 1.29 is 22.0 Å². The Morgan fingerprint density at radius 2 is 1.92 bits per heavy atom. The summed E-state index contributed by atoms with van der Waals surface area (Å²) < 4.78 is 60.3. The number of nitrogens with one attached hydrogen (secondary N) is 1. The minimum atomic E-state index is -5.16. The number of rotatable bonds is 0. The normalized spacial score (nSPS) is 29.6. The van der Waals surface area contributed by atoms with Crippen LogP contribution in [0.1, 0.15) is 0 Å². The third-order valence-corrected chi connectivity index (χ3v) is 1.28. The van der Waals surface area contributed by atoms with Crippen molar-refractivity contribution in [2.24, 2.45) is 0 Å². The number of alkyl halides is 4. The van der Waals surface area contributed by atoms with Gasteiger partial charge in [0.05, 0.1) is 0 Å². The van der Waals surface area contributed by atoms with Crippen molar-refractivity contribution >= 4 is 0 Å². The van der Waals surface area contributed by atoms with Crippen LogP contribution in [0.15, 0.2) is 24.2 Å². The van der Waals surface area contributed by atoms with Gasteiger partial charge in [0, 0.05) is 0 Å². The quantitative estimate of drug-likeness (QED) is 0.450. The molecule has 1 unspecified atom stereocenters. The van der Waals surface area contributed by atoms with Crippen LogP contribution in [0.3, 0.4) is 0 Å². The fourth-order valence-corrected chi connectivity index (χ4v) is 0.688. The summed E-state index contributed by atoms with van der Waals surface area (Å²) in [7, 11) is 0. The maximum Gasteiger partial charge on any atom is 0.445 e. The third kappa shape index (κ3) is 1.41. The van der Waals surface area contributed by atoms with E-state index in [1.807, 2.05) is 0 Å². The predicted octanol–water partition coefficient (Wildman–Crippen LogP) is 2.18. The fraction of sp³-hybridized carbons (Fsp3) is 0.333. The first kappa shape index (κ1) is 9.02. The molecule has 0 radical (unpaired) electrons. The second-order valence-electron chi connectivity index (χ2n) is 2.21. The van der Waals surface area contributed by atoms with E-state index in [9.17, 15) is 22.0 Å². The Morgan fingerprint density at radius 1 is 1.33 bits per heavy atom. The van der Waals surface area contributed by atoms with Gasteiger partial charge < -0.3 is 5.32 Å². The third-order valence-electron chi connectivity index (χ3n) is 1.28. The van der Waals surface area contributed by atoms with E-state index in [1.165, 1.54) is 0 Å². The molecule has 1 rings (SSSR count). The summed E-state index contributed by atoms with van der Waals surface area (Å²) >= 11 is 0. The maximum absolute atomic E-state index is 12.7. The van der Waals surface area contributed by atoms with Gasteiger partial charge in [0.25, 0.3) is 5.79 Å². The van der Waals surface area contributed by atoms with Crippen LogP contribution in [0.5, 0.6) is 0 Å². The van der Waals surface area contributed by atoms with Gasteiger partial charge in [0.1, 0.15) is 0 Å². The van der Waals surface area contributed by atoms with Crippen LogP contribution in [-0.4, -0.2) is 12.0 Å². The molecule has 0 saturated heterocycles. The molecule has 6 heteroatoms. The van der Waals surface area contributed by atoms with Gasteiger partial charge in [-0.15, -0.1) is 0 Å². The Hall–Kier alpha value is -1.07. The van der Waals surface area contributed by atoms with E-state index in [0.717, 1.165) is 5.32 Å². The number of allylic oxidation sites excluding steroid dienone is 2. The van der Waals surface area contributed by atoms with E-state index in [-0.39, 0.29) is 6.08 Å². The molecule has 0 spiro atoms. The highest BCUT2D eigenvalue weighted by Crippen LogP contribution is 2.35. The van der Waals surface area contributed by atoms with Crippen LogP contribution in [0.2, 0.25) is 0 Å². The lowest BCUT2D eigenvalue weighted by molar-refractivity contribution is -0.221. The summed E-state index contributed by atoms with van der Waals surface area (Å²) in [6, 6.07) is 0. The lowest BCUT2D eigenvalue weighted by Gasteiger charge is -2.27. The molecule has 1 N–H and O–H groups in total. The zero-order valence-corrected chi connectivity index (χ0v) is 5.62. The molecule has 1 aliphatic heterocycles. The molecule has 0 aromatic heterocycles. The van der Waals surface area contributed by atoms with Gasteiger partial charge in [0.15, 0.2) is 5.95 Å². The van der Waals surface area contributed by atoms with Gasteiger partial charge in [-0.2, -0.15) is 17.6 Å². The van der Waals surface area contributed by atoms with E-state index >= 15 is 0 Å². The molecule has 0 saturated carbocycles. The lowest BCUT2D eigenvalue weighted by Crippen LogP contribution is -2.51. The van der Waals surface area contributed by atoms with Gasteiger partial charge >= 0.3 is 6.18 Å². The summed E-state index contributed by atoms with van der Waals surface area (Å²) in [5, 5.41) is 1.05. The van der Waals surface area contributed by atoms with E-state index in [4.69, 9.17) is 0 Å². The van der Waals surface area contributed by atoms with Crippen molar-refractivity contribution in [3.05, 3.63) is 24.2 Å². The summed E-state index contributed by atoms with van der Waals surface area (Å²) in [6.07, 6.45) is -3.59. The average Bonchev–Trinajstić information content (AvgIpc) is 1.83. The van der Waals surface area contributed by atoms with Gasteiger partial charge in [0.2, 0.25) is 0 Å². The molecule has 0 aromatic carbocycles. The van der Waals surface area contributed by atoms with Gasteiger partial charge in [-0.05, 0) is 12.2 Å². The minimum Gasteiger partial charge on any atom is -0.319 e. The molecule has 1 heterocycles. The minimum absolute atomic E-state index is 0.204. The van der Waals surface area contributed by atoms with Gasteiger partial charge in [-0.1, -0.05) is 6.08 Å². The summed E-state index contributed by atoms with van der Waals surface area (Å²) in [5.41, 5.74) is 0. The van der Waals surface area contributed by atoms with E-state index in [1.54, 1.807) is 0 Å². The number of halogens is 5. The molecule has 1 nitrogen and oxygen atoms in total. The van der Waals surface area contributed by atoms with Crippen molar-refractivity contribution in [2.75, 3.05) is 0 Å². The zero-order chi connectivity index (χ0) is 9.41. The van der Waals surface area contributed by atoms with Gasteiger partial charge in [-0.25, -0.2) is 4.39 Å². The highest BCUT2D eigenvalue weighted by atomic mass is 19.4. The summed E-state index contributed by atoms with van der Waals surface area (Å²) in [5.74, 6) is -5.14. The topological polar surface area (TPSA) is 12.0 Å². The predicted molar refractivity (Wildman–Crippen MR) is 31.4 cm³/mol. The van der Waals surface area contributed by atoms with Crippen LogP contribution in [0, 0.1) is 0 Å². The van der Waals surface area contributed by atoms with E-state index in [2.05, 4.69) is 0 Å². The standard InChI is InChI=1S/C6H4F5N/c7-4-2-1-3-5(8,12-4)6(9,10)11/h1-3,12H. The average molecular weight is 185 g/mol. The second-order valence-corrected chi connectivity index (χ2v) is 2.21. The molecule has 0 amide bonds. The number of hydrogen-bond acceptors (Lipinski definition) is 1. The van der Waals surface area contributed by atoms with Gasteiger partial charge in [-0.3, -0.25) is 0 Å². The highest BCUT2D eigenvalue weighted by Gasteiger charge is 2.55. The molecule has 0 fully saturated rings. The monoisotopic (exact) mass is 185 g/mol. The van der Waals surface area contributed by atoms with Crippen LogP contribution in [-0.2, 0) is 0 Å². The summed E-state index contributed by atoms with van der Waals surface area (Å²) in [4.78, 5) is 0. The van der Waals surface area contributed by atoms with Crippen molar-refractivity contribution in [1.82, 2.24) is 5.32 Å². The Balaban J connectivity index is 2.90. The van der Waals surface area contributed by atoms with Crippen LogP contribution in [0.25, 0.3) is 0 Å². The Bertz CT molecular complexity index is 241. The summed E-state index contributed by atoms with van der Waals surface area (Å²) in [6.45, 7) is 0. The molecular formula is C6H4F5N. The van der Waals surface area contributed by atoms with Crippen molar-refractivity contribution in [3.8, 4) is 0 Å². The van der Waals surface area contributed by atoms with Crippen molar-refractivity contribution in [3.63, 3.8) is 0 Å². The fourth-order valence-electron chi connectivity index (χ4n) is 0.688. The zero-order valence-electron chi connectivity index (χ0n) is 5.62. The van der Waals surface area contributed by atoms with Crippen LogP contribution in [0.4, 0.5) is 22.0 Å². The largest absolute Gasteiger partial charge is 0.445 e. The van der Waals surface area contributed by atoms with Crippen molar-refractivity contribution in [1.29, 1.82) is 0 Å². The molecular weight excluding hydrogens is 181 g/mol. The molecule has 1 aliphatic rings. The lowest BCUT2D eigenvalue weighted by atomic mass is 10.2.